The van der Waals surface area contributed by atoms with Gasteiger partial charge in [0.15, 0.2) is 0 Å². The van der Waals surface area contributed by atoms with Crippen molar-refractivity contribution in [1.29, 1.82) is 0 Å². The molecule has 0 spiro atoms. The summed E-state index contributed by atoms with van der Waals surface area (Å²) in [6.07, 6.45) is 3.18. The number of carbonyl (C=O) groups excluding carboxylic acids is 2. The van der Waals surface area contributed by atoms with Crippen LogP contribution in [0.1, 0.15) is 17.2 Å². The fraction of sp³-hybridized carbons (Fsp3) is 0.192. The molecule has 1 amide bonds. The SMILES string of the molecule is COc1cccc(N2C(=O)C(=O)/C(=C(\O)c3ccc4c(c3)N(C)CCO4)C2c2ccncc2)c1. The van der Waals surface area contributed by atoms with Gasteiger partial charge in [0.1, 0.15) is 23.9 Å². The fourth-order valence-electron chi connectivity index (χ4n) is 4.37. The lowest BCUT2D eigenvalue weighted by molar-refractivity contribution is -0.132. The predicted molar refractivity (Wildman–Crippen MR) is 127 cm³/mol. The van der Waals surface area contributed by atoms with Crippen LogP contribution in [0.3, 0.4) is 0 Å². The van der Waals surface area contributed by atoms with Gasteiger partial charge in [-0.25, -0.2) is 0 Å². The zero-order valence-electron chi connectivity index (χ0n) is 18.8. The van der Waals surface area contributed by atoms with Gasteiger partial charge in [0, 0.05) is 36.8 Å². The van der Waals surface area contributed by atoms with Gasteiger partial charge in [-0.2, -0.15) is 0 Å². The van der Waals surface area contributed by atoms with Crippen LogP contribution in [0.5, 0.6) is 11.5 Å². The first-order valence-electron chi connectivity index (χ1n) is 10.8. The van der Waals surface area contributed by atoms with Crippen molar-refractivity contribution < 1.29 is 24.2 Å². The van der Waals surface area contributed by atoms with Crippen molar-refractivity contribution in [2.45, 2.75) is 6.04 Å². The Morgan fingerprint density at radius 1 is 1.12 bits per heavy atom. The number of fused-ring (bicyclic) bond motifs is 1. The molecule has 3 heterocycles. The number of aliphatic hydroxyl groups excluding tert-OH is 1. The first-order valence-corrected chi connectivity index (χ1v) is 10.8. The molecular weight excluding hydrogens is 434 g/mol. The summed E-state index contributed by atoms with van der Waals surface area (Å²) in [5.41, 5.74) is 2.38. The summed E-state index contributed by atoms with van der Waals surface area (Å²) >= 11 is 0. The molecule has 2 aliphatic heterocycles. The zero-order chi connectivity index (χ0) is 23.8. The lowest BCUT2D eigenvalue weighted by atomic mass is 9.95. The molecule has 1 aromatic heterocycles. The zero-order valence-corrected chi connectivity index (χ0v) is 18.8. The largest absolute Gasteiger partial charge is 0.507 e. The highest BCUT2D eigenvalue weighted by Gasteiger charge is 2.47. The third-order valence-corrected chi connectivity index (χ3v) is 6.13. The minimum atomic E-state index is -0.833. The Balaban J connectivity index is 1.69. The van der Waals surface area contributed by atoms with Gasteiger partial charge in [-0.1, -0.05) is 6.07 Å². The number of rotatable bonds is 4. The number of pyridine rings is 1. The van der Waals surface area contributed by atoms with E-state index in [1.807, 2.05) is 11.9 Å². The van der Waals surface area contributed by atoms with Crippen LogP contribution in [-0.2, 0) is 9.59 Å². The number of hydrogen-bond donors (Lipinski definition) is 1. The van der Waals surface area contributed by atoms with E-state index in [-0.39, 0.29) is 11.3 Å². The second-order valence-corrected chi connectivity index (χ2v) is 8.10. The van der Waals surface area contributed by atoms with Crippen LogP contribution in [0.15, 0.2) is 72.6 Å². The van der Waals surface area contributed by atoms with E-state index in [1.54, 1.807) is 67.0 Å². The van der Waals surface area contributed by atoms with Gasteiger partial charge in [-0.15, -0.1) is 0 Å². The van der Waals surface area contributed by atoms with Crippen molar-refractivity contribution in [3.63, 3.8) is 0 Å². The van der Waals surface area contributed by atoms with E-state index < -0.39 is 17.7 Å². The molecule has 1 fully saturated rings. The molecule has 2 aromatic carbocycles. The van der Waals surface area contributed by atoms with Crippen molar-refractivity contribution in [3.05, 3.63) is 83.7 Å². The van der Waals surface area contributed by atoms with Crippen LogP contribution in [-0.4, -0.2) is 49.1 Å². The topological polar surface area (TPSA) is 92.2 Å². The molecule has 5 rings (SSSR count). The number of Topliss-reactive ketones (excluding diaryl/α,β-unsaturated/α-hetero) is 1. The van der Waals surface area contributed by atoms with E-state index in [9.17, 15) is 14.7 Å². The van der Waals surface area contributed by atoms with Crippen LogP contribution in [0.25, 0.3) is 5.76 Å². The maximum absolute atomic E-state index is 13.3. The lowest BCUT2D eigenvalue weighted by Crippen LogP contribution is -2.29. The van der Waals surface area contributed by atoms with Gasteiger partial charge >= 0.3 is 0 Å². The molecule has 34 heavy (non-hydrogen) atoms. The summed E-state index contributed by atoms with van der Waals surface area (Å²) in [6.45, 7) is 1.27. The number of aromatic nitrogens is 1. The van der Waals surface area contributed by atoms with Gasteiger partial charge in [0.05, 0.1) is 31.0 Å². The number of benzene rings is 2. The Labute approximate surface area is 196 Å². The number of carbonyl (C=O) groups is 2. The van der Waals surface area contributed by atoms with Gasteiger partial charge < -0.3 is 19.5 Å². The van der Waals surface area contributed by atoms with Gasteiger partial charge in [-0.05, 0) is 48.0 Å². The van der Waals surface area contributed by atoms with Crippen LogP contribution < -0.4 is 19.3 Å². The molecule has 2 aliphatic rings. The monoisotopic (exact) mass is 457 g/mol. The standard InChI is InChI=1S/C26H23N3O5/c1-28-12-13-34-21-7-6-17(14-20(21)28)24(30)22-23(16-8-10-27-11-9-16)29(26(32)25(22)31)18-4-3-5-19(15-18)33-2/h3-11,14-15,23,30H,12-13H2,1-2H3/b24-22-. The number of anilines is 2. The molecule has 0 radical (unpaired) electrons. The van der Waals surface area contributed by atoms with Crippen LogP contribution >= 0.6 is 0 Å². The molecule has 1 saturated heterocycles. The Kier molecular flexibility index (Phi) is 5.41. The number of aliphatic hydroxyl groups is 1. The molecule has 0 saturated carbocycles. The maximum atomic E-state index is 13.3. The minimum Gasteiger partial charge on any atom is -0.507 e. The summed E-state index contributed by atoms with van der Waals surface area (Å²) in [6, 6.07) is 14.8. The number of hydrogen-bond acceptors (Lipinski definition) is 7. The van der Waals surface area contributed by atoms with Gasteiger partial charge in [-0.3, -0.25) is 19.5 Å². The van der Waals surface area contributed by atoms with Crippen LogP contribution in [0, 0.1) is 0 Å². The molecule has 8 heteroatoms. The molecular formula is C26H23N3O5. The van der Waals surface area contributed by atoms with Crippen molar-refractivity contribution >= 4 is 28.8 Å². The Bertz CT molecular complexity index is 1300. The first-order chi connectivity index (χ1) is 16.5. The summed E-state index contributed by atoms with van der Waals surface area (Å²) in [7, 11) is 3.47. The van der Waals surface area contributed by atoms with Gasteiger partial charge in [0.2, 0.25) is 0 Å². The quantitative estimate of drug-likeness (QED) is 0.364. The smallest absolute Gasteiger partial charge is 0.300 e. The fourth-order valence-corrected chi connectivity index (χ4v) is 4.37. The molecule has 1 atom stereocenters. The Hall–Kier alpha value is -4.33. The Morgan fingerprint density at radius 3 is 2.68 bits per heavy atom. The number of likely N-dealkylation sites (N-methyl/N-ethyl adjacent to an activating group) is 1. The van der Waals surface area contributed by atoms with E-state index in [2.05, 4.69) is 4.98 Å². The van der Waals surface area contributed by atoms with Crippen molar-refractivity contribution in [2.24, 2.45) is 0 Å². The summed E-state index contributed by atoms with van der Waals surface area (Å²) < 4.78 is 11.0. The van der Waals surface area contributed by atoms with E-state index in [4.69, 9.17) is 9.47 Å². The molecule has 1 N–H and O–H groups in total. The van der Waals surface area contributed by atoms with E-state index in [0.29, 0.717) is 41.5 Å². The summed E-state index contributed by atoms with van der Waals surface area (Å²) in [4.78, 5) is 34.0. The minimum absolute atomic E-state index is 0.0124. The van der Waals surface area contributed by atoms with Crippen LogP contribution in [0.4, 0.5) is 11.4 Å². The molecule has 1 unspecified atom stereocenters. The number of nitrogens with zero attached hydrogens (tertiary/aromatic N) is 3. The molecule has 172 valence electrons. The third kappa shape index (κ3) is 3.53. The highest BCUT2D eigenvalue weighted by molar-refractivity contribution is 6.51. The van der Waals surface area contributed by atoms with E-state index in [0.717, 1.165) is 5.69 Å². The molecule has 0 bridgehead atoms. The van der Waals surface area contributed by atoms with E-state index in [1.165, 1.54) is 12.0 Å². The van der Waals surface area contributed by atoms with Crippen molar-refractivity contribution in [1.82, 2.24) is 4.98 Å². The molecule has 8 nitrogen and oxygen atoms in total. The lowest BCUT2D eigenvalue weighted by Gasteiger charge is -2.28. The molecule has 0 aliphatic carbocycles. The Morgan fingerprint density at radius 2 is 1.91 bits per heavy atom. The maximum Gasteiger partial charge on any atom is 0.300 e. The number of ether oxygens (including phenoxy) is 2. The number of ketones is 1. The van der Waals surface area contributed by atoms with E-state index >= 15 is 0 Å². The second-order valence-electron chi connectivity index (χ2n) is 8.10. The second kappa shape index (κ2) is 8.55. The number of amides is 1. The van der Waals surface area contributed by atoms with Crippen molar-refractivity contribution in [2.75, 3.05) is 37.1 Å². The molecule has 3 aromatic rings. The first kappa shape index (κ1) is 21.5. The summed E-state index contributed by atoms with van der Waals surface area (Å²) in [5, 5.41) is 11.4. The highest BCUT2D eigenvalue weighted by atomic mass is 16.5. The van der Waals surface area contributed by atoms with Crippen LogP contribution in [0.2, 0.25) is 0 Å². The average Bonchev–Trinajstić information content (AvgIpc) is 3.14. The highest BCUT2D eigenvalue weighted by Crippen LogP contribution is 2.43. The van der Waals surface area contributed by atoms with Gasteiger partial charge in [0.25, 0.3) is 11.7 Å². The normalized spacial score (nSPS) is 19.1. The average molecular weight is 457 g/mol. The predicted octanol–water partition coefficient (Wildman–Crippen LogP) is 3.55. The third-order valence-electron chi connectivity index (χ3n) is 6.13. The number of methoxy groups -OCH3 is 1. The van der Waals surface area contributed by atoms with Crippen molar-refractivity contribution in [3.8, 4) is 11.5 Å². The summed E-state index contributed by atoms with van der Waals surface area (Å²) in [5.74, 6) is -0.481.